The Hall–Kier alpha value is -1.78. The minimum absolute atomic E-state index is 0.0654. The molecule has 0 amide bonds. The third-order valence-electron chi connectivity index (χ3n) is 4.45. The summed E-state index contributed by atoms with van der Waals surface area (Å²) in [4.78, 5) is 7.72. The van der Waals surface area contributed by atoms with E-state index in [-0.39, 0.29) is 29.5 Å². The predicted molar refractivity (Wildman–Crippen MR) is 98.7 cm³/mol. The average Bonchev–Trinajstić information content (AvgIpc) is 3.10. The zero-order valence-corrected chi connectivity index (χ0v) is 16.2. The van der Waals surface area contributed by atoms with Gasteiger partial charge in [0.1, 0.15) is 11.6 Å². The van der Waals surface area contributed by atoms with Crippen LogP contribution in [-0.2, 0) is 10.9 Å². The number of aliphatic hydroxyl groups excluding tert-OH is 1. The number of nitrogens with one attached hydrogen (secondary N) is 2. The Morgan fingerprint density at radius 1 is 1.46 bits per heavy atom. The molecule has 1 fully saturated rings. The molecule has 2 rings (SSSR count). The van der Waals surface area contributed by atoms with Crippen LogP contribution in [0.1, 0.15) is 18.4 Å². The van der Waals surface area contributed by atoms with E-state index in [4.69, 9.17) is 21.1 Å². The van der Waals surface area contributed by atoms with Crippen molar-refractivity contribution in [2.24, 2.45) is 10.4 Å². The van der Waals surface area contributed by atoms with Crippen LogP contribution >= 0.6 is 11.6 Å². The second-order valence-electron chi connectivity index (χ2n) is 6.49. The summed E-state index contributed by atoms with van der Waals surface area (Å²) < 4.78 is 48.6. The molecule has 0 aliphatic carbocycles. The van der Waals surface area contributed by atoms with E-state index in [0.29, 0.717) is 44.9 Å². The fourth-order valence-electron chi connectivity index (χ4n) is 2.81. The molecule has 7 nitrogen and oxygen atoms in total. The molecule has 0 aromatic carbocycles. The molecule has 1 saturated heterocycles. The topological polar surface area (TPSA) is 88.0 Å². The molecule has 1 aliphatic heterocycles. The van der Waals surface area contributed by atoms with Gasteiger partial charge in [-0.25, -0.2) is 4.98 Å². The lowest BCUT2D eigenvalue weighted by atomic mass is 9.84. The fourth-order valence-corrected chi connectivity index (χ4v) is 3.03. The molecule has 0 saturated carbocycles. The molecule has 1 aromatic heterocycles. The summed E-state index contributed by atoms with van der Waals surface area (Å²) in [6.45, 7) is 2.40. The van der Waals surface area contributed by atoms with Crippen LogP contribution in [0.3, 0.4) is 0 Å². The zero-order chi connectivity index (χ0) is 20.6. The number of ether oxygens (including phenoxy) is 2. The molecule has 1 unspecified atom stereocenters. The van der Waals surface area contributed by atoms with Crippen molar-refractivity contribution >= 4 is 17.6 Å². The van der Waals surface area contributed by atoms with Crippen LogP contribution in [0.4, 0.5) is 13.2 Å². The quantitative estimate of drug-likeness (QED) is 0.336. The lowest BCUT2D eigenvalue weighted by Gasteiger charge is -2.27. The number of hydrogen-bond donors (Lipinski definition) is 3. The Kier molecular flexibility index (Phi) is 8.14. The maximum Gasteiger partial charge on any atom is 0.417 e. The first-order valence-corrected chi connectivity index (χ1v) is 9.16. The highest BCUT2D eigenvalue weighted by Crippen LogP contribution is 2.33. The van der Waals surface area contributed by atoms with Crippen LogP contribution in [0.5, 0.6) is 5.88 Å². The minimum atomic E-state index is -4.51. The summed E-state index contributed by atoms with van der Waals surface area (Å²) in [5.41, 5.74) is -1.05. The molecule has 0 radical (unpaired) electrons. The molecule has 0 bridgehead atoms. The van der Waals surface area contributed by atoms with Crippen LogP contribution in [0.2, 0.25) is 5.02 Å². The SMILES string of the molecule is CN=C(NCCOc1ncc(C(F)(F)F)cc1Cl)NCC1(CCO)CCOC1. The monoisotopic (exact) mass is 424 g/mol. The highest BCUT2D eigenvalue weighted by Gasteiger charge is 2.34. The molecule has 11 heteroatoms. The Morgan fingerprint density at radius 2 is 2.25 bits per heavy atom. The first kappa shape index (κ1) is 22.5. The molecule has 1 aromatic rings. The predicted octanol–water partition coefficient (Wildman–Crippen LogP) is 2.09. The number of aromatic nitrogens is 1. The van der Waals surface area contributed by atoms with Crippen molar-refractivity contribution in [3.05, 3.63) is 22.8 Å². The number of pyridine rings is 1. The number of aliphatic hydroxyl groups is 1. The number of nitrogens with zero attached hydrogens (tertiary/aromatic N) is 2. The Labute approximate surface area is 166 Å². The van der Waals surface area contributed by atoms with E-state index in [9.17, 15) is 18.3 Å². The lowest BCUT2D eigenvalue weighted by Crippen LogP contribution is -2.45. The molecule has 3 N–H and O–H groups in total. The molecule has 0 spiro atoms. The van der Waals surface area contributed by atoms with Gasteiger partial charge in [-0.1, -0.05) is 11.6 Å². The first-order chi connectivity index (χ1) is 13.3. The lowest BCUT2D eigenvalue weighted by molar-refractivity contribution is -0.137. The van der Waals surface area contributed by atoms with Gasteiger partial charge < -0.3 is 25.2 Å². The molecule has 1 atom stereocenters. The van der Waals surface area contributed by atoms with Gasteiger partial charge in [0.05, 0.1) is 18.7 Å². The van der Waals surface area contributed by atoms with Crippen molar-refractivity contribution in [2.75, 3.05) is 46.6 Å². The van der Waals surface area contributed by atoms with Crippen molar-refractivity contribution in [3.63, 3.8) is 0 Å². The third-order valence-corrected chi connectivity index (χ3v) is 4.72. The molecule has 28 heavy (non-hydrogen) atoms. The fraction of sp³-hybridized carbons (Fsp3) is 0.647. The maximum atomic E-state index is 12.6. The van der Waals surface area contributed by atoms with Gasteiger partial charge in [0.2, 0.25) is 5.88 Å². The van der Waals surface area contributed by atoms with Crippen molar-refractivity contribution in [1.82, 2.24) is 15.6 Å². The molecular formula is C17H24ClF3N4O3. The van der Waals surface area contributed by atoms with Crippen LogP contribution in [0.25, 0.3) is 0 Å². The second-order valence-corrected chi connectivity index (χ2v) is 6.89. The third kappa shape index (κ3) is 6.39. The molecular weight excluding hydrogens is 401 g/mol. The van der Waals surface area contributed by atoms with Crippen molar-refractivity contribution in [1.29, 1.82) is 0 Å². The van der Waals surface area contributed by atoms with E-state index in [1.807, 2.05) is 0 Å². The Bertz CT molecular complexity index is 668. The first-order valence-electron chi connectivity index (χ1n) is 8.78. The largest absolute Gasteiger partial charge is 0.475 e. The number of aliphatic imine (C=N–C) groups is 1. The highest BCUT2D eigenvalue weighted by atomic mass is 35.5. The van der Waals surface area contributed by atoms with Crippen molar-refractivity contribution in [2.45, 2.75) is 19.0 Å². The van der Waals surface area contributed by atoms with Gasteiger partial charge in [0, 0.05) is 38.4 Å². The normalized spacial score (nSPS) is 20.3. The second kappa shape index (κ2) is 10.1. The number of rotatable bonds is 8. The van der Waals surface area contributed by atoms with Gasteiger partial charge in [-0.15, -0.1) is 0 Å². The Balaban J connectivity index is 1.77. The van der Waals surface area contributed by atoms with Crippen LogP contribution in [0, 0.1) is 5.41 Å². The average molecular weight is 425 g/mol. The van der Waals surface area contributed by atoms with Crippen molar-refractivity contribution < 1.29 is 27.8 Å². The minimum Gasteiger partial charge on any atom is -0.475 e. The van der Waals surface area contributed by atoms with E-state index in [1.165, 1.54) is 0 Å². The number of alkyl halides is 3. The summed E-state index contributed by atoms with van der Waals surface area (Å²) in [5.74, 6) is 0.476. The number of halogens is 4. The van der Waals surface area contributed by atoms with Gasteiger partial charge in [0.15, 0.2) is 5.96 Å². The van der Waals surface area contributed by atoms with E-state index >= 15 is 0 Å². The number of guanidine groups is 1. The van der Waals surface area contributed by atoms with Gasteiger partial charge in [-0.2, -0.15) is 13.2 Å². The smallest absolute Gasteiger partial charge is 0.417 e. The highest BCUT2D eigenvalue weighted by molar-refractivity contribution is 6.31. The van der Waals surface area contributed by atoms with E-state index in [2.05, 4.69) is 20.6 Å². The maximum absolute atomic E-state index is 12.6. The van der Waals surface area contributed by atoms with E-state index in [1.54, 1.807) is 7.05 Å². The van der Waals surface area contributed by atoms with Gasteiger partial charge in [0.25, 0.3) is 0 Å². The van der Waals surface area contributed by atoms with Gasteiger partial charge in [-0.05, 0) is 18.9 Å². The van der Waals surface area contributed by atoms with Crippen LogP contribution in [-0.4, -0.2) is 62.6 Å². The molecule has 2 heterocycles. The summed E-state index contributed by atoms with van der Waals surface area (Å²) in [7, 11) is 1.62. The van der Waals surface area contributed by atoms with Crippen LogP contribution in [0.15, 0.2) is 17.3 Å². The molecule has 1 aliphatic rings. The van der Waals surface area contributed by atoms with Crippen LogP contribution < -0.4 is 15.4 Å². The van der Waals surface area contributed by atoms with Crippen molar-refractivity contribution in [3.8, 4) is 5.88 Å². The standard InChI is InChI=1S/C17H24ClF3N4O3/c1-22-15(25-10-16(2-5-26)3-6-27-11-16)23-4-7-28-14-13(18)8-12(9-24-14)17(19,20)21/h8-9,26H,2-7,10-11H2,1H3,(H2,22,23,25). The summed E-state index contributed by atoms with van der Waals surface area (Å²) in [5, 5.41) is 15.3. The molecule has 158 valence electrons. The van der Waals surface area contributed by atoms with Gasteiger partial charge in [-0.3, -0.25) is 4.99 Å². The Morgan fingerprint density at radius 3 is 2.82 bits per heavy atom. The summed E-state index contributed by atoms with van der Waals surface area (Å²) >= 11 is 5.80. The van der Waals surface area contributed by atoms with Gasteiger partial charge >= 0.3 is 6.18 Å². The van der Waals surface area contributed by atoms with E-state index in [0.717, 1.165) is 12.5 Å². The van der Waals surface area contributed by atoms with E-state index < -0.39 is 11.7 Å². The number of hydrogen-bond acceptors (Lipinski definition) is 5. The summed E-state index contributed by atoms with van der Waals surface area (Å²) in [6, 6.07) is 0.780. The summed E-state index contributed by atoms with van der Waals surface area (Å²) in [6.07, 6.45) is -2.33. The zero-order valence-electron chi connectivity index (χ0n) is 15.5.